The second-order valence-electron chi connectivity index (χ2n) is 6.07. The van der Waals surface area contributed by atoms with E-state index in [1.54, 1.807) is 0 Å². The Balaban J connectivity index is 2.29. The Morgan fingerprint density at radius 3 is 2.60 bits per heavy atom. The molecule has 1 aromatic rings. The molecule has 0 atom stereocenters. The zero-order chi connectivity index (χ0) is 14.8. The number of unbranched alkanes of at least 4 members (excludes halogenated alkanes) is 1. The summed E-state index contributed by atoms with van der Waals surface area (Å²) in [5.74, 6) is 0.914. The van der Waals surface area contributed by atoms with Gasteiger partial charge in [0.05, 0.1) is 6.61 Å². The van der Waals surface area contributed by atoms with Gasteiger partial charge in [0.2, 0.25) is 0 Å². The fraction of sp³-hybridized carbons (Fsp3) is 0.647. The van der Waals surface area contributed by atoms with Gasteiger partial charge in [0.15, 0.2) is 0 Å². The summed E-state index contributed by atoms with van der Waals surface area (Å²) in [6.07, 6.45) is 2.29. The highest BCUT2D eigenvalue weighted by atomic mass is 16.5. The standard InChI is InChI=1S/C17H29NO2/c1-5-6-10-19-11-12-20-16-9-7-8-15(13-16)14-18-17(2,3)4/h7-9,13,18H,5-6,10-12,14H2,1-4H3. The molecule has 0 aliphatic heterocycles. The van der Waals surface area contributed by atoms with E-state index in [4.69, 9.17) is 9.47 Å². The van der Waals surface area contributed by atoms with Crippen molar-refractivity contribution in [1.29, 1.82) is 0 Å². The molecule has 0 spiro atoms. The summed E-state index contributed by atoms with van der Waals surface area (Å²) < 4.78 is 11.2. The highest BCUT2D eigenvalue weighted by molar-refractivity contribution is 5.28. The van der Waals surface area contributed by atoms with Gasteiger partial charge in [-0.25, -0.2) is 0 Å². The van der Waals surface area contributed by atoms with Crippen LogP contribution >= 0.6 is 0 Å². The average molecular weight is 279 g/mol. The molecule has 0 aliphatic rings. The maximum atomic E-state index is 5.71. The Labute approximate surface area is 123 Å². The van der Waals surface area contributed by atoms with Gasteiger partial charge in [-0.1, -0.05) is 25.5 Å². The second kappa shape index (κ2) is 8.98. The number of hydrogen-bond donors (Lipinski definition) is 1. The van der Waals surface area contributed by atoms with E-state index in [1.165, 1.54) is 12.0 Å². The molecule has 0 saturated heterocycles. The van der Waals surface area contributed by atoms with Crippen molar-refractivity contribution in [2.24, 2.45) is 0 Å². The summed E-state index contributed by atoms with van der Waals surface area (Å²) >= 11 is 0. The molecule has 0 saturated carbocycles. The third kappa shape index (κ3) is 8.18. The Morgan fingerprint density at radius 2 is 1.90 bits per heavy atom. The molecule has 0 bridgehead atoms. The molecule has 3 nitrogen and oxygen atoms in total. The van der Waals surface area contributed by atoms with E-state index in [2.05, 4.69) is 45.1 Å². The van der Waals surface area contributed by atoms with E-state index in [9.17, 15) is 0 Å². The van der Waals surface area contributed by atoms with Crippen molar-refractivity contribution in [1.82, 2.24) is 5.32 Å². The average Bonchev–Trinajstić information content (AvgIpc) is 2.40. The van der Waals surface area contributed by atoms with Crippen molar-refractivity contribution in [2.75, 3.05) is 19.8 Å². The number of nitrogens with one attached hydrogen (secondary N) is 1. The summed E-state index contributed by atoms with van der Waals surface area (Å²) in [5, 5.41) is 3.48. The van der Waals surface area contributed by atoms with Crippen LogP contribution in [0.2, 0.25) is 0 Å². The Morgan fingerprint density at radius 1 is 1.10 bits per heavy atom. The van der Waals surface area contributed by atoms with Gasteiger partial charge in [0.25, 0.3) is 0 Å². The normalized spacial score (nSPS) is 11.6. The maximum absolute atomic E-state index is 5.71. The molecule has 3 heteroatoms. The highest BCUT2D eigenvalue weighted by Crippen LogP contribution is 2.14. The minimum absolute atomic E-state index is 0.129. The number of rotatable bonds is 9. The molecule has 1 N–H and O–H groups in total. The van der Waals surface area contributed by atoms with Crippen molar-refractivity contribution in [3.05, 3.63) is 29.8 Å². The van der Waals surface area contributed by atoms with Crippen LogP contribution in [0.4, 0.5) is 0 Å². The van der Waals surface area contributed by atoms with Crippen LogP contribution in [0.15, 0.2) is 24.3 Å². The fourth-order valence-electron chi connectivity index (χ4n) is 1.68. The monoisotopic (exact) mass is 279 g/mol. The van der Waals surface area contributed by atoms with Crippen LogP contribution in [0.3, 0.4) is 0 Å². The van der Waals surface area contributed by atoms with Gasteiger partial charge in [-0.2, -0.15) is 0 Å². The largest absolute Gasteiger partial charge is 0.491 e. The lowest BCUT2D eigenvalue weighted by Crippen LogP contribution is -2.35. The van der Waals surface area contributed by atoms with Gasteiger partial charge in [0, 0.05) is 18.7 Å². The molecule has 0 heterocycles. The smallest absolute Gasteiger partial charge is 0.119 e. The van der Waals surface area contributed by atoms with Gasteiger partial charge in [0.1, 0.15) is 12.4 Å². The van der Waals surface area contributed by atoms with Gasteiger partial charge in [-0.3, -0.25) is 0 Å². The van der Waals surface area contributed by atoms with Crippen molar-refractivity contribution in [3.63, 3.8) is 0 Å². The topological polar surface area (TPSA) is 30.5 Å². The van der Waals surface area contributed by atoms with Crippen LogP contribution in [0.5, 0.6) is 5.75 Å². The molecule has 0 aliphatic carbocycles. The summed E-state index contributed by atoms with van der Waals surface area (Å²) in [4.78, 5) is 0. The first-order valence-electron chi connectivity index (χ1n) is 7.56. The minimum atomic E-state index is 0.129. The molecular formula is C17H29NO2. The minimum Gasteiger partial charge on any atom is -0.491 e. The zero-order valence-corrected chi connectivity index (χ0v) is 13.4. The van der Waals surface area contributed by atoms with Crippen LogP contribution in [0.1, 0.15) is 46.1 Å². The van der Waals surface area contributed by atoms with E-state index in [0.717, 1.165) is 25.3 Å². The van der Waals surface area contributed by atoms with Crippen molar-refractivity contribution >= 4 is 0 Å². The molecular weight excluding hydrogens is 250 g/mol. The van der Waals surface area contributed by atoms with Crippen LogP contribution < -0.4 is 10.1 Å². The van der Waals surface area contributed by atoms with Crippen LogP contribution in [0, 0.1) is 0 Å². The molecule has 0 fully saturated rings. The third-order valence-electron chi connectivity index (χ3n) is 2.86. The first kappa shape index (κ1) is 17.0. The van der Waals surface area contributed by atoms with Crippen molar-refractivity contribution in [2.45, 2.75) is 52.6 Å². The summed E-state index contributed by atoms with van der Waals surface area (Å²) in [6.45, 7) is 11.6. The van der Waals surface area contributed by atoms with Gasteiger partial charge in [-0.15, -0.1) is 0 Å². The maximum Gasteiger partial charge on any atom is 0.119 e. The second-order valence-corrected chi connectivity index (χ2v) is 6.07. The van der Waals surface area contributed by atoms with E-state index in [1.807, 2.05) is 12.1 Å². The van der Waals surface area contributed by atoms with Crippen molar-refractivity contribution < 1.29 is 9.47 Å². The first-order chi connectivity index (χ1) is 9.51. The molecule has 114 valence electrons. The summed E-state index contributed by atoms with van der Waals surface area (Å²) in [6, 6.07) is 8.23. The van der Waals surface area contributed by atoms with Gasteiger partial charge < -0.3 is 14.8 Å². The molecule has 0 radical (unpaired) electrons. The highest BCUT2D eigenvalue weighted by Gasteiger charge is 2.08. The van der Waals surface area contributed by atoms with E-state index in [-0.39, 0.29) is 5.54 Å². The predicted molar refractivity (Wildman–Crippen MR) is 84.3 cm³/mol. The zero-order valence-electron chi connectivity index (χ0n) is 13.4. The molecule has 0 unspecified atom stereocenters. The van der Waals surface area contributed by atoms with Crippen LogP contribution in [0.25, 0.3) is 0 Å². The summed E-state index contributed by atoms with van der Waals surface area (Å²) in [5.41, 5.74) is 1.37. The molecule has 0 aromatic heterocycles. The van der Waals surface area contributed by atoms with Crippen LogP contribution in [-0.2, 0) is 11.3 Å². The third-order valence-corrected chi connectivity index (χ3v) is 2.86. The van der Waals surface area contributed by atoms with E-state index >= 15 is 0 Å². The number of hydrogen-bond acceptors (Lipinski definition) is 3. The molecule has 1 aromatic carbocycles. The quantitative estimate of drug-likeness (QED) is 0.698. The van der Waals surface area contributed by atoms with Crippen LogP contribution in [-0.4, -0.2) is 25.4 Å². The van der Waals surface area contributed by atoms with Gasteiger partial charge >= 0.3 is 0 Å². The van der Waals surface area contributed by atoms with E-state index < -0.39 is 0 Å². The molecule has 0 amide bonds. The number of benzene rings is 1. The SMILES string of the molecule is CCCCOCCOc1cccc(CNC(C)(C)C)c1. The van der Waals surface area contributed by atoms with Crippen molar-refractivity contribution in [3.8, 4) is 5.75 Å². The lowest BCUT2D eigenvalue weighted by molar-refractivity contribution is 0.0980. The lowest BCUT2D eigenvalue weighted by atomic mass is 10.1. The van der Waals surface area contributed by atoms with Gasteiger partial charge in [-0.05, 0) is 44.9 Å². The first-order valence-corrected chi connectivity index (χ1v) is 7.56. The Bertz CT molecular complexity index is 371. The molecule has 20 heavy (non-hydrogen) atoms. The summed E-state index contributed by atoms with van der Waals surface area (Å²) in [7, 11) is 0. The van der Waals surface area contributed by atoms with E-state index in [0.29, 0.717) is 13.2 Å². The fourth-order valence-corrected chi connectivity index (χ4v) is 1.68. The lowest BCUT2D eigenvalue weighted by Gasteiger charge is -2.20. The Hall–Kier alpha value is -1.06. The Kier molecular flexibility index (Phi) is 7.63. The molecule has 1 rings (SSSR count). The predicted octanol–water partition coefficient (Wildman–Crippen LogP) is 3.77. The number of ether oxygens (including phenoxy) is 2.